The molecule has 3 rings (SSSR count). The zero-order valence-corrected chi connectivity index (χ0v) is 17.8. The van der Waals surface area contributed by atoms with Gasteiger partial charge in [-0.2, -0.15) is 0 Å². The van der Waals surface area contributed by atoms with E-state index in [0.717, 1.165) is 35.8 Å². The number of rotatable bonds is 7. The molecule has 0 bridgehead atoms. The molecule has 1 aromatic heterocycles. The summed E-state index contributed by atoms with van der Waals surface area (Å²) in [5, 5.41) is 11.8. The van der Waals surface area contributed by atoms with Crippen molar-refractivity contribution in [3.63, 3.8) is 0 Å². The van der Waals surface area contributed by atoms with Crippen molar-refractivity contribution in [2.24, 2.45) is 4.99 Å². The maximum Gasteiger partial charge on any atom is 0.194 e. The van der Waals surface area contributed by atoms with Crippen LogP contribution in [0.3, 0.4) is 0 Å². The molecule has 1 fully saturated rings. The van der Waals surface area contributed by atoms with Gasteiger partial charge in [0.1, 0.15) is 12.2 Å². The van der Waals surface area contributed by atoms with Crippen molar-refractivity contribution in [3.05, 3.63) is 46.5 Å². The number of guanidine groups is 1. The molecule has 1 aromatic carbocycles. The highest BCUT2D eigenvalue weighted by atomic mass is 79.9. The van der Waals surface area contributed by atoms with E-state index in [1.807, 2.05) is 0 Å². The van der Waals surface area contributed by atoms with Crippen molar-refractivity contribution in [1.29, 1.82) is 0 Å². The molecule has 7 heteroatoms. The Morgan fingerprint density at radius 2 is 2.04 bits per heavy atom. The van der Waals surface area contributed by atoms with Crippen LogP contribution in [-0.2, 0) is 19.5 Å². The van der Waals surface area contributed by atoms with E-state index < -0.39 is 0 Å². The third-order valence-electron chi connectivity index (χ3n) is 5.00. The summed E-state index contributed by atoms with van der Waals surface area (Å²) in [6, 6.07) is 9.01. The Balaban J connectivity index is 1.65. The fourth-order valence-electron chi connectivity index (χ4n) is 3.47. The fraction of sp³-hybridized carbons (Fsp3) is 0.550. The lowest BCUT2D eigenvalue weighted by atomic mass is 10.2. The molecule has 1 N–H and O–H groups in total. The molecule has 0 atom stereocenters. The molecule has 6 nitrogen and oxygen atoms in total. The number of nitrogens with zero attached hydrogens (tertiary/aromatic N) is 5. The van der Waals surface area contributed by atoms with E-state index in [1.165, 1.54) is 31.2 Å². The summed E-state index contributed by atoms with van der Waals surface area (Å²) in [5.74, 6) is 2.00. The Morgan fingerprint density at radius 3 is 2.74 bits per heavy atom. The molecule has 2 aromatic rings. The minimum absolute atomic E-state index is 0.539. The van der Waals surface area contributed by atoms with Crippen LogP contribution >= 0.6 is 15.9 Å². The first-order valence-electron chi connectivity index (χ1n) is 9.79. The van der Waals surface area contributed by atoms with Crippen LogP contribution in [0.15, 0.2) is 40.1 Å². The second kappa shape index (κ2) is 9.88. The molecule has 0 saturated heterocycles. The maximum atomic E-state index is 4.90. The first kappa shape index (κ1) is 19.9. The minimum Gasteiger partial charge on any atom is -0.354 e. The SMILES string of the molecule is CCc1nncn1CCN=C(NC1CCCC1)N(C)Cc1ccc(Br)cc1. The molecule has 1 aliphatic carbocycles. The van der Waals surface area contributed by atoms with Gasteiger partial charge in [-0.05, 0) is 30.5 Å². The van der Waals surface area contributed by atoms with Crippen LogP contribution in [0.1, 0.15) is 44.0 Å². The van der Waals surface area contributed by atoms with Crippen molar-refractivity contribution in [1.82, 2.24) is 25.0 Å². The van der Waals surface area contributed by atoms with Crippen LogP contribution in [0.25, 0.3) is 0 Å². The number of aliphatic imine (C=N–C) groups is 1. The smallest absolute Gasteiger partial charge is 0.194 e. The summed E-state index contributed by atoms with van der Waals surface area (Å²) in [6.45, 7) is 4.45. The lowest BCUT2D eigenvalue weighted by Gasteiger charge is -2.25. The Bertz CT molecular complexity index is 733. The second-order valence-corrected chi connectivity index (χ2v) is 8.02. The Hall–Kier alpha value is -1.89. The van der Waals surface area contributed by atoms with Gasteiger partial charge >= 0.3 is 0 Å². The number of aromatic nitrogens is 3. The molecule has 0 amide bonds. The molecule has 27 heavy (non-hydrogen) atoms. The summed E-state index contributed by atoms with van der Waals surface area (Å²) in [7, 11) is 2.11. The van der Waals surface area contributed by atoms with Crippen LogP contribution in [0.2, 0.25) is 0 Å². The zero-order valence-electron chi connectivity index (χ0n) is 16.2. The molecule has 0 aliphatic heterocycles. The fourth-order valence-corrected chi connectivity index (χ4v) is 3.74. The van der Waals surface area contributed by atoms with Gasteiger partial charge in [-0.3, -0.25) is 4.99 Å². The van der Waals surface area contributed by atoms with Crippen molar-refractivity contribution in [2.75, 3.05) is 13.6 Å². The normalized spacial score (nSPS) is 15.3. The molecule has 0 unspecified atom stereocenters. The first-order chi connectivity index (χ1) is 13.2. The van der Waals surface area contributed by atoms with E-state index in [2.05, 4.69) is 79.1 Å². The number of hydrogen-bond acceptors (Lipinski definition) is 3. The molecule has 1 saturated carbocycles. The molecular weight excluding hydrogens is 404 g/mol. The molecule has 146 valence electrons. The van der Waals surface area contributed by atoms with Crippen molar-refractivity contribution >= 4 is 21.9 Å². The van der Waals surface area contributed by atoms with Gasteiger partial charge in [0, 0.05) is 37.1 Å². The molecule has 0 radical (unpaired) electrons. The second-order valence-electron chi connectivity index (χ2n) is 7.11. The van der Waals surface area contributed by atoms with Crippen LogP contribution < -0.4 is 5.32 Å². The van der Waals surface area contributed by atoms with Crippen LogP contribution in [0, 0.1) is 0 Å². The number of aryl methyl sites for hydroxylation is 1. The van der Waals surface area contributed by atoms with Gasteiger partial charge in [0.05, 0.1) is 6.54 Å². The maximum absolute atomic E-state index is 4.90. The van der Waals surface area contributed by atoms with Gasteiger partial charge in [0.2, 0.25) is 0 Å². The van der Waals surface area contributed by atoms with Gasteiger partial charge in [-0.25, -0.2) is 0 Å². The quantitative estimate of drug-likeness (QED) is 0.535. The number of halogens is 1. The molecule has 1 aliphatic rings. The Labute approximate surface area is 170 Å². The van der Waals surface area contributed by atoms with Crippen LogP contribution in [0.4, 0.5) is 0 Å². The number of benzene rings is 1. The van der Waals surface area contributed by atoms with Gasteiger partial charge in [0.15, 0.2) is 5.96 Å². The van der Waals surface area contributed by atoms with Gasteiger partial charge in [0.25, 0.3) is 0 Å². The summed E-state index contributed by atoms with van der Waals surface area (Å²) >= 11 is 3.50. The summed E-state index contributed by atoms with van der Waals surface area (Å²) < 4.78 is 3.19. The van der Waals surface area contributed by atoms with Crippen molar-refractivity contribution in [3.8, 4) is 0 Å². The van der Waals surface area contributed by atoms with Gasteiger partial charge in [-0.1, -0.05) is 47.8 Å². The highest BCUT2D eigenvalue weighted by Gasteiger charge is 2.18. The highest BCUT2D eigenvalue weighted by Crippen LogP contribution is 2.18. The lowest BCUT2D eigenvalue weighted by Crippen LogP contribution is -2.43. The van der Waals surface area contributed by atoms with Crippen molar-refractivity contribution < 1.29 is 0 Å². The predicted molar refractivity (Wildman–Crippen MR) is 113 cm³/mol. The summed E-state index contributed by atoms with van der Waals surface area (Å²) in [4.78, 5) is 7.11. The van der Waals surface area contributed by atoms with E-state index >= 15 is 0 Å². The van der Waals surface area contributed by atoms with Gasteiger partial charge < -0.3 is 14.8 Å². The van der Waals surface area contributed by atoms with Gasteiger partial charge in [-0.15, -0.1) is 10.2 Å². The van der Waals surface area contributed by atoms with Crippen molar-refractivity contribution in [2.45, 2.75) is 58.2 Å². The Morgan fingerprint density at radius 1 is 1.30 bits per heavy atom. The van der Waals surface area contributed by atoms with E-state index in [4.69, 9.17) is 4.99 Å². The third kappa shape index (κ3) is 5.79. The average molecular weight is 433 g/mol. The summed E-state index contributed by atoms with van der Waals surface area (Å²) in [6.07, 6.45) is 7.77. The average Bonchev–Trinajstić information content (AvgIpc) is 3.34. The minimum atomic E-state index is 0.539. The zero-order chi connectivity index (χ0) is 19.1. The highest BCUT2D eigenvalue weighted by molar-refractivity contribution is 9.10. The van der Waals surface area contributed by atoms with E-state index in [-0.39, 0.29) is 0 Å². The van der Waals surface area contributed by atoms with E-state index in [0.29, 0.717) is 12.6 Å². The first-order valence-corrected chi connectivity index (χ1v) is 10.6. The standard InChI is InChI=1S/C20H29BrN6/c1-3-19-25-23-15-27(19)13-12-22-20(24-18-6-4-5-7-18)26(2)14-16-8-10-17(21)11-9-16/h8-11,15,18H,3-7,12-14H2,1-2H3,(H,22,24). The van der Waals surface area contributed by atoms with E-state index in [9.17, 15) is 0 Å². The molecular formula is C20H29BrN6. The van der Waals surface area contributed by atoms with Crippen LogP contribution in [-0.4, -0.2) is 45.3 Å². The third-order valence-corrected chi connectivity index (χ3v) is 5.53. The summed E-state index contributed by atoms with van der Waals surface area (Å²) in [5.41, 5.74) is 1.27. The molecule has 0 spiro atoms. The largest absolute Gasteiger partial charge is 0.354 e. The monoisotopic (exact) mass is 432 g/mol. The van der Waals surface area contributed by atoms with Crippen LogP contribution in [0.5, 0.6) is 0 Å². The number of hydrogen-bond donors (Lipinski definition) is 1. The number of nitrogens with one attached hydrogen (secondary N) is 1. The van der Waals surface area contributed by atoms with E-state index in [1.54, 1.807) is 6.33 Å². The Kier molecular flexibility index (Phi) is 7.26. The predicted octanol–water partition coefficient (Wildman–Crippen LogP) is 3.62. The molecule has 1 heterocycles. The topological polar surface area (TPSA) is 58.3 Å². The lowest BCUT2D eigenvalue weighted by molar-refractivity contribution is 0.456.